The van der Waals surface area contributed by atoms with Gasteiger partial charge in [-0.2, -0.15) is 0 Å². The maximum absolute atomic E-state index is 11.7. The molecule has 1 heterocycles. The Kier molecular flexibility index (Phi) is 4.60. The van der Waals surface area contributed by atoms with E-state index in [2.05, 4.69) is 15.5 Å². The molecule has 1 saturated carbocycles. The van der Waals surface area contributed by atoms with Crippen LogP contribution in [0.1, 0.15) is 31.5 Å². The van der Waals surface area contributed by atoms with Crippen LogP contribution in [0.3, 0.4) is 0 Å². The zero-order chi connectivity index (χ0) is 13.0. The Morgan fingerprint density at radius 1 is 1.50 bits per heavy atom. The molecule has 7 heteroatoms. The number of carbonyl (C=O) groups excluding carboxylic acids is 1. The minimum absolute atomic E-state index is 0.0733. The number of aromatic nitrogens is 3. The van der Waals surface area contributed by atoms with Crippen molar-refractivity contribution < 1.29 is 4.79 Å². The lowest BCUT2D eigenvalue weighted by atomic mass is 10.2. The van der Waals surface area contributed by atoms with Crippen molar-refractivity contribution in [3.8, 4) is 0 Å². The predicted molar refractivity (Wildman–Crippen MR) is 70.0 cm³/mol. The topological polar surface area (TPSA) is 85.8 Å². The van der Waals surface area contributed by atoms with Crippen LogP contribution in [0.4, 0.5) is 0 Å². The van der Waals surface area contributed by atoms with Crippen molar-refractivity contribution >= 4 is 17.7 Å². The van der Waals surface area contributed by atoms with Crippen LogP contribution >= 0.6 is 11.8 Å². The highest BCUT2D eigenvalue weighted by Crippen LogP contribution is 2.19. The molecule has 100 valence electrons. The van der Waals surface area contributed by atoms with Gasteiger partial charge in [0.05, 0.1) is 12.3 Å². The Morgan fingerprint density at radius 3 is 2.83 bits per heavy atom. The molecule has 1 fully saturated rings. The van der Waals surface area contributed by atoms with Gasteiger partial charge in [0.2, 0.25) is 5.91 Å². The van der Waals surface area contributed by atoms with Crippen LogP contribution < -0.4 is 11.1 Å². The number of hydrogen-bond acceptors (Lipinski definition) is 5. The van der Waals surface area contributed by atoms with Crippen LogP contribution in [0, 0.1) is 0 Å². The first-order valence-electron chi connectivity index (χ1n) is 6.21. The van der Waals surface area contributed by atoms with Gasteiger partial charge < -0.3 is 15.6 Å². The first kappa shape index (κ1) is 13.4. The average molecular weight is 269 g/mol. The fourth-order valence-electron chi connectivity index (χ4n) is 2.12. The quantitative estimate of drug-likeness (QED) is 0.757. The Morgan fingerprint density at radius 2 is 2.22 bits per heavy atom. The van der Waals surface area contributed by atoms with Crippen molar-refractivity contribution in [2.45, 2.75) is 43.4 Å². The molecule has 0 aromatic carbocycles. The molecule has 1 aromatic rings. The normalized spacial score (nSPS) is 16.1. The summed E-state index contributed by atoms with van der Waals surface area (Å²) < 4.78 is 1.83. The Balaban J connectivity index is 1.79. The molecule has 0 radical (unpaired) electrons. The summed E-state index contributed by atoms with van der Waals surface area (Å²) in [6.45, 7) is 0.359. The standard InChI is InChI=1S/C11H19N5OS/c1-16-9(6-12)14-15-11(16)18-7-10(17)13-8-4-2-3-5-8/h8H,2-7,12H2,1H3,(H,13,17). The molecule has 1 amide bonds. The molecule has 0 aliphatic heterocycles. The van der Waals surface area contributed by atoms with E-state index in [4.69, 9.17) is 5.73 Å². The Bertz CT molecular complexity index is 414. The van der Waals surface area contributed by atoms with Crippen molar-refractivity contribution in [3.05, 3.63) is 5.82 Å². The summed E-state index contributed by atoms with van der Waals surface area (Å²) in [5, 5.41) is 11.7. The van der Waals surface area contributed by atoms with E-state index < -0.39 is 0 Å². The van der Waals surface area contributed by atoms with Crippen LogP contribution in [0.5, 0.6) is 0 Å². The summed E-state index contributed by atoms with van der Waals surface area (Å²) in [5.41, 5.74) is 5.52. The lowest BCUT2D eigenvalue weighted by Gasteiger charge is -2.11. The van der Waals surface area contributed by atoms with Crippen LogP contribution in [0.25, 0.3) is 0 Å². The SMILES string of the molecule is Cn1c(CN)nnc1SCC(=O)NC1CCCC1. The summed E-state index contributed by atoms with van der Waals surface area (Å²) >= 11 is 1.40. The monoisotopic (exact) mass is 269 g/mol. The summed E-state index contributed by atoms with van der Waals surface area (Å²) in [5.74, 6) is 1.19. The van der Waals surface area contributed by atoms with Crippen molar-refractivity contribution in [3.63, 3.8) is 0 Å². The molecule has 0 spiro atoms. The van der Waals surface area contributed by atoms with Gasteiger partial charge in [-0.1, -0.05) is 24.6 Å². The second kappa shape index (κ2) is 6.19. The second-order valence-corrected chi connectivity index (χ2v) is 5.44. The number of rotatable bonds is 5. The van der Waals surface area contributed by atoms with Gasteiger partial charge in [0, 0.05) is 13.1 Å². The highest BCUT2D eigenvalue weighted by atomic mass is 32.2. The van der Waals surface area contributed by atoms with Crippen molar-refractivity contribution in [2.24, 2.45) is 12.8 Å². The van der Waals surface area contributed by atoms with Gasteiger partial charge in [0.1, 0.15) is 5.82 Å². The van der Waals surface area contributed by atoms with E-state index >= 15 is 0 Å². The van der Waals surface area contributed by atoms with E-state index in [-0.39, 0.29) is 5.91 Å². The molecule has 0 bridgehead atoms. The molecular formula is C11H19N5OS. The smallest absolute Gasteiger partial charge is 0.230 e. The second-order valence-electron chi connectivity index (χ2n) is 4.50. The molecule has 1 aromatic heterocycles. The third-order valence-corrected chi connectivity index (χ3v) is 4.18. The molecule has 1 aliphatic carbocycles. The van der Waals surface area contributed by atoms with Crippen LogP contribution in [-0.2, 0) is 18.4 Å². The van der Waals surface area contributed by atoms with Crippen LogP contribution in [0.2, 0.25) is 0 Å². The van der Waals surface area contributed by atoms with E-state index in [0.29, 0.717) is 18.3 Å². The first-order valence-corrected chi connectivity index (χ1v) is 7.19. The molecular weight excluding hydrogens is 250 g/mol. The van der Waals surface area contributed by atoms with Gasteiger partial charge in [0.15, 0.2) is 5.16 Å². The van der Waals surface area contributed by atoms with E-state index in [1.807, 2.05) is 11.6 Å². The molecule has 0 atom stereocenters. The van der Waals surface area contributed by atoms with Gasteiger partial charge >= 0.3 is 0 Å². The highest BCUT2D eigenvalue weighted by Gasteiger charge is 2.17. The van der Waals surface area contributed by atoms with Gasteiger partial charge in [-0.15, -0.1) is 10.2 Å². The van der Waals surface area contributed by atoms with E-state index in [0.717, 1.165) is 23.8 Å². The summed E-state index contributed by atoms with van der Waals surface area (Å²) in [7, 11) is 1.86. The molecule has 0 saturated heterocycles. The molecule has 2 rings (SSSR count). The number of nitrogens with two attached hydrogens (primary N) is 1. The lowest BCUT2D eigenvalue weighted by molar-refractivity contribution is -0.119. The van der Waals surface area contributed by atoms with Gasteiger partial charge in [-0.25, -0.2) is 0 Å². The van der Waals surface area contributed by atoms with Gasteiger partial charge in [0.25, 0.3) is 0 Å². The predicted octanol–water partition coefficient (Wildman–Crippen LogP) is 0.425. The average Bonchev–Trinajstić information content (AvgIpc) is 2.97. The largest absolute Gasteiger partial charge is 0.353 e. The molecule has 0 unspecified atom stereocenters. The van der Waals surface area contributed by atoms with Gasteiger partial charge in [-0.05, 0) is 12.8 Å². The maximum Gasteiger partial charge on any atom is 0.230 e. The van der Waals surface area contributed by atoms with Crippen LogP contribution in [-0.4, -0.2) is 32.5 Å². The molecule has 6 nitrogen and oxygen atoms in total. The third kappa shape index (κ3) is 3.23. The van der Waals surface area contributed by atoms with Gasteiger partial charge in [-0.3, -0.25) is 4.79 Å². The van der Waals surface area contributed by atoms with E-state index in [1.165, 1.54) is 24.6 Å². The fraction of sp³-hybridized carbons (Fsp3) is 0.727. The minimum atomic E-state index is 0.0733. The van der Waals surface area contributed by atoms with Crippen molar-refractivity contribution in [1.82, 2.24) is 20.1 Å². The maximum atomic E-state index is 11.7. The first-order chi connectivity index (χ1) is 8.70. The number of nitrogens with zero attached hydrogens (tertiary/aromatic N) is 3. The fourth-order valence-corrected chi connectivity index (χ4v) is 2.86. The molecule has 1 aliphatic rings. The zero-order valence-electron chi connectivity index (χ0n) is 10.6. The Labute approximate surface area is 111 Å². The lowest BCUT2D eigenvalue weighted by Crippen LogP contribution is -2.33. The number of amides is 1. The number of hydrogen-bond donors (Lipinski definition) is 2. The Hall–Kier alpha value is -1.08. The van der Waals surface area contributed by atoms with E-state index in [1.54, 1.807) is 0 Å². The molecule has 3 N–H and O–H groups in total. The third-order valence-electron chi connectivity index (χ3n) is 3.16. The number of nitrogens with one attached hydrogen (secondary N) is 1. The highest BCUT2D eigenvalue weighted by molar-refractivity contribution is 7.99. The summed E-state index contributed by atoms with van der Waals surface area (Å²) in [4.78, 5) is 11.7. The van der Waals surface area contributed by atoms with E-state index in [9.17, 15) is 4.79 Å². The number of carbonyl (C=O) groups is 1. The van der Waals surface area contributed by atoms with Crippen molar-refractivity contribution in [2.75, 3.05) is 5.75 Å². The summed E-state index contributed by atoms with van der Waals surface area (Å²) in [6.07, 6.45) is 4.66. The molecule has 18 heavy (non-hydrogen) atoms. The van der Waals surface area contributed by atoms with Crippen LogP contribution in [0.15, 0.2) is 5.16 Å². The minimum Gasteiger partial charge on any atom is -0.353 e. The summed E-state index contributed by atoms with van der Waals surface area (Å²) in [6, 6.07) is 0.372. The number of thioether (sulfide) groups is 1. The zero-order valence-corrected chi connectivity index (χ0v) is 11.4. The van der Waals surface area contributed by atoms with Crippen molar-refractivity contribution in [1.29, 1.82) is 0 Å².